The molecule has 8 aromatic carbocycles. The summed E-state index contributed by atoms with van der Waals surface area (Å²) in [6.45, 7) is 10.2. The Hall–Kier alpha value is -6.58. The number of anilines is 6. The van der Waals surface area contributed by atoms with Gasteiger partial charge < -0.3 is 29.4 Å². The fraction of sp³-hybridized carbons (Fsp3) is 0.455. The summed E-state index contributed by atoms with van der Waals surface area (Å²) in [6.07, 6.45) is 18.5. The van der Waals surface area contributed by atoms with Crippen LogP contribution in [-0.2, 0) is 10.8 Å². The monoisotopic (exact) mass is 1300 g/mol. The summed E-state index contributed by atoms with van der Waals surface area (Å²) in [5, 5.41) is 0. The van der Waals surface area contributed by atoms with E-state index >= 15 is 0 Å². The van der Waals surface area contributed by atoms with E-state index in [0.717, 1.165) is 0 Å². The number of hydrogen-bond acceptors (Lipinski definition) is 6. The van der Waals surface area contributed by atoms with E-state index in [1.807, 2.05) is 0 Å². The van der Waals surface area contributed by atoms with Crippen molar-refractivity contribution in [1.82, 2.24) is 0 Å². The summed E-state index contributed by atoms with van der Waals surface area (Å²) in [4.78, 5) is 19.7. The van der Waals surface area contributed by atoms with Crippen LogP contribution >= 0.6 is 15.8 Å². The van der Waals surface area contributed by atoms with Gasteiger partial charge in [-0.05, 0) is 219 Å². The first-order valence-electron chi connectivity index (χ1n) is 38.2. The summed E-state index contributed by atoms with van der Waals surface area (Å²) in [6, 6.07) is 90.3. The molecule has 12 fully saturated rings. The van der Waals surface area contributed by atoms with E-state index in [1.165, 1.54) is 146 Å². The quantitative estimate of drug-likeness (QED) is 0.153. The van der Waals surface area contributed by atoms with Gasteiger partial charge in [-0.25, -0.2) is 0 Å². The van der Waals surface area contributed by atoms with E-state index in [2.05, 4.69) is 263 Å². The van der Waals surface area contributed by atoms with Crippen molar-refractivity contribution in [1.29, 1.82) is 0 Å². The van der Waals surface area contributed by atoms with Gasteiger partial charge in [0.1, 0.15) is 0 Å². The third-order valence-electron chi connectivity index (χ3n) is 29.3. The van der Waals surface area contributed by atoms with Gasteiger partial charge >= 0.3 is 0 Å². The molecule has 6 aliphatic heterocycles. The Labute approximate surface area is 573 Å². The van der Waals surface area contributed by atoms with Gasteiger partial charge in [-0.2, -0.15) is 0 Å². The summed E-state index contributed by atoms with van der Waals surface area (Å²) in [5.41, 5.74) is 24.8. The van der Waals surface area contributed by atoms with Crippen LogP contribution < -0.4 is 29.4 Å². The van der Waals surface area contributed by atoms with Gasteiger partial charge in [-0.15, -0.1) is 0 Å². The molecule has 6 nitrogen and oxygen atoms in total. The van der Waals surface area contributed by atoms with Gasteiger partial charge in [0.05, 0.1) is 0 Å². The standard InChI is InChI=1S/C88H94N6P2/c1-87(2)65-35-19-17-33-59(65)61-47-45-57(49-67(61)87)91-73-41-21-37-69-81(73)95-83-71(89(69)53-25-9-5-10-26-53)39-23-43-75(83)93(55-29-13-7-14-30-55)79-64-52-78-86-80(63(64)51-77(91)85(79)95)94(56-31-15-8-16-32-56)76-44-24-40-72-84(76)96(86)82-70(90(72)54-27-11-6-12-28-54)38-22-42-74(82)92(78)58-46-48-62-60-34-18-20-36-66(60)88(3,4)68(62)50-58/h5-20,25-36,45-50,63-64,69-86H,21-24,37-44,51-52H2,1-4H3. The average molecular weight is 1300 g/mol. The van der Waals surface area contributed by atoms with E-state index in [9.17, 15) is 0 Å². The molecule has 96 heavy (non-hydrogen) atoms. The highest BCUT2D eigenvalue weighted by Crippen LogP contribution is 2.79. The Kier molecular flexibility index (Phi) is 12.5. The molecule has 14 aliphatic rings. The minimum absolute atomic E-state index is 0.0738. The van der Waals surface area contributed by atoms with Crippen LogP contribution in [0.4, 0.5) is 34.1 Å². The molecule has 22 rings (SSSR count). The Morgan fingerprint density at radius 1 is 0.260 bits per heavy atom. The van der Waals surface area contributed by atoms with Gasteiger partial charge in [0.15, 0.2) is 0 Å². The first kappa shape index (κ1) is 57.3. The highest BCUT2D eigenvalue weighted by atomic mass is 31.1. The molecule has 0 spiro atoms. The topological polar surface area (TPSA) is 19.4 Å². The number of nitrogens with zero attached hydrogens (tertiary/aromatic N) is 6. The second-order valence-corrected chi connectivity index (χ2v) is 39.0. The molecule has 6 heterocycles. The minimum Gasteiger partial charge on any atom is -0.364 e. The maximum Gasteiger partial charge on any atom is 0.0413 e. The highest BCUT2D eigenvalue weighted by Gasteiger charge is 2.75. The molecule has 0 bridgehead atoms. The largest absolute Gasteiger partial charge is 0.364 e. The molecule has 8 aliphatic carbocycles. The van der Waals surface area contributed by atoms with Crippen molar-refractivity contribution >= 4 is 50.0 Å². The van der Waals surface area contributed by atoms with Crippen LogP contribution in [0.25, 0.3) is 22.3 Å². The Morgan fingerprint density at radius 2 is 0.531 bits per heavy atom. The highest BCUT2D eigenvalue weighted by molar-refractivity contribution is 7.61. The second kappa shape index (κ2) is 21.0. The van der Waals surface area contributed by atoms with E-state index in [1.54, 1.807) is 22.5 Å². The van der Waals surface area contributed by atoms with Crippen LogP contribution in [0.1, 0.15) is 140 Å². The van der Waals surface area contributed by atoms with Crippen molar-refractivity contribution < 1.29 is 0 Å². The van der Waals surface area contributed by atoms with Crippen molar-refractivity contribution in [3.63, 3.8) is 0 Å². The van der Waals surface area contributed by atoms with E-state index in [4.69, 9.17) is 0 Å². The molecule has 22 atom stereocenters. The van der Waals surface area contributed by atoms with Crippen molar-refractivity contribution in [3.05, 3.63) is 229 Å². The van der Waals surface area contributed by atoms with Crippen LogP contribution in [0, 0.1) is 11.8 Å². The van der Waals surface area contributed by atoms with Crippen LogP contribution in [0.3, 0.4) is 0 Å². The minimum atomic E-state index is -0.415. The van der Waals surface area contributed by atoms with Gasteiger partial charge in [-0.1, -0.05) is 177 Å². The molecule has 8 heteroatoms. The summed E-state index contributed by atoms with van der Waals surface area (Å²) in [5.74, 6) is 1.08. The van der Waals surface area contributed by atoms with Gasteiger partial charge in [0.2, 0.25) is 0 Å². The van der Waals surface area contributed by atoms with Crippen LogP contribution in [0.5, 0.6) is 0 Å². The number of hydrogen-bond donors (Lipinski definition) is 0. The fourth-order valence-corrected chi connectivity index (χ4v) is 37.2. The molecular formula is C88H94N6P2. The number of fused-ring (bicyclic) bond motifs is 9. The van der Waals surface area contributed by atoms with Gasteiger partial charge in [0.25, 0.3) is 0 Å². The van der Waals surface area contributed by atoms with Crippen LogP contribution in [-0.4, -0.2) is 106 Å². The van der Waals surface area contributed by atoms with E-state index in [-0.39, 0.29) is 10.8 Å². The molecule has 0 radical (unpaired) electrons. The Morgan fingerprint density at radius 3 is 0.865 bits per heavy atom. The van der Waals surface area contributed by atoms with Crippen LogP contribution in [0.15, 0.2) is 206 Å². The molecule has 486 valence electrons. The van der Waals surface area contributed by atoms with Gasteiger partial charge in [-0.3, -0.25) is 0 Å². The molecule has 6 saturated carbocycles. The van der Waals surface area contributed by atoms with Crippen molar-refractivity contribution in [2.75, 3.05) is 29.4 Å². The zero-order chi connectivity index (χ0) is 63.2. The Bertz CT molecular complexity index is 4090. The lowest BCUT2D eigenvalue weighted by molar-refractivity contribution is 0.0566. The predicted molar refractivity (Wildman–Crippen MR) is 402 cm³/mol. The smallest absolute Gasteiger partial charge is 0.0413 e. The lowest BCUT2D eigenvalue weighted by atomic mass is 9.59. The molecular weight excluding hydrogens is 1200 g/mol. The molecule has 6 saturated heterocycles. The van der Waals surface area contributed by atoms with Crippen molar-refractivity contribution in [2.24, 2.45) is 11.8 Å². The molecule has 8 aromatic rings. The molecule has 0 aromatic heterocycles. The van der Waals surface area contributed by atoms with Crippen molar-refractivity contribution in [2.45, 2.75) is 235 Å². The van der Waals surface area contributed by atoms with Crippen LogP contribution in [0.2, 0.25) is 0 Å². The summed E-state index contributed by atoms with van der Waals surface area (Å²) >= 11 is 0. The maximum atomic E-state index is 3.35. The van der Waals surface area contributed by atoms with E-state index < -0.39 is 15.8 Å². The van der Waals surface area contributed by atoms with E-state index in [0.29, 0.717) is 118 Å². The third kappa shape index (κ3) is 7.58. The maximum absolute atomic E-state index is 3.35. The molecule has 22 unspecified atom stereocenters. The number of para-hydroxylation sites is 4. The lowest BCUT2D eigenvalue weighted by Gasteiger charge is -2.79. The normalized spacial score (nSPS) is 38.1. The average Bonchev–Trinajstić information content (AvgIpc) is 0.870. The SMILES string of the molecule is CC1(C)c2ccccc2-c2ccc(N3C4CCCC5C4P4C6C(CCCC6N(c6ccccc6)C6C7CC8C9C(C7CC3C64)N(c3ccccc3)C3CCCC4C3P9C3C(CCCC3N8c3ccc6c(c3)C(C)(C)c3ccccc3-6)N4c3ccccc3)N5c3ccccc3)cc21. The predicted octanol–water partition coefficient (Wildman–Crippen LogP) is 19.1. The fourth-order valence-electron chi connectivity index (χ4n) is 26.5. The summed E-state index contributed by atoms with van der Waals surface area (Å²) < 4.78 is 0. The number of benzene rings is 8. The number of rotatable bonds is 6. The zero-order valence-corrected chi connectivity index (χ0v) is 58.4. The zero-order valence-electron chi connectivity index (χ0n) is 56.7. The lowest BCUT2D eigenvalue weighted by Crippen LogP contribution is -2.84. The van der Waals surface area contributed by atoms with Gasteiger partial charge in [0, 0.05) is 151 Å². The Balaban J connectivity index is 0.797. The summed E-state index contributed by atoms with van der Waals surface area (Å²) in [7, 11) is -0.830. The molecule has 0 amide bonds. The first-order valence-corrected chi connectivity index (χ1v) is 41.3. The third-order valence-corrected chi connectivity index (χ3v) is 37.5. The first-order chi connectivity index (χ1) is 47.2. The second-order valence-electron chi connectivity index (χ2n) is 33.6. The van der Waals surface area contributed by atoms with Crippen molar-refractivity contribution in [3.8, 4) is 22.3 Å². The molecule has 0 N–H and O–H groups in total.